The van der Waals surface area contributed by atoms with Gasteiger partial charge in [0.1, 0.15) is 19.8 Å². The third-order valence-corrected chi connectivity index (χ3v) is 21.1. The Morgan fingerprint density at radius 2 is 0.551 bits per heavy atom. The highest BCUT2D eigenvalue weighted by molar-refractivity contribution is 7.47. The zero-order chi connectivity index (χ0) is 71.1. The van der Waals surface area contributed by atoms with Gasteiger partial charge in [0.05, 0.1) is 27.7 Å². The molecule has 0 fully saturated rings. The van der Waals surface area contributed by atoms with Crippen LogP contribution in [0.3, 0.4) is 0 Å². The highest BCUT2D eigenvalue weighted by atomic mass is 31.2. The Hall–Kier alpha value is -1.77. The number of phosphoric ester groups is 1. The van der Waals surface area contributed by atoms with Crippen LogP contribution in [-0.2, 0) is 32.7 Å². The lowest BCUT2D eigenvalue weighted by Crippen LogP contribution is -2.37. The molecule has 0 aromatic rings. The van der Waals surface area contributed by atoms with E-state index in [0.717, 1.165) is 44.9 Å². The first-order valence-electron chi connectivity index (χ1n) is 43.7. The highest BCUT2D eigenvalue weighted by Gasteiger charge is 2.27. The van der Waals surface area contributed by atoms with E-state index in [-0.39, 0.29) is 25.6 Å². The number of carbonyl (C=O) groups is 2. The maximum atomic E-state index is 12.9. The van der Waals surface area contributed by atoms with Crippen LogP contribution in [0, 0.1) is 0 Å². The molecule has 2 atom stereocenters. The number of unbranched alkanes of at least 4 members (excludes halogenated alkanes) is 63. The Bertz CT molecular complexity index is 1740. The number of nitrogens with zero attached hydrogens (tertiary/aromatic N) is 1. The summed E-state index contributed by atoms with van der Waals surface area (Å²) in [6.45, 7) is 4.51. The van der Waals surface area contributed by atoms with Crippen molar-refractivity contribution in [3.8, 4) is 0 Å². The molecule has 2 unspecified atom stereocenters. The van der Waals surface area contributed by atoms with Crippen LogP contribution in [0.4, 0.5) is 0 Å². The number of quaternary nitrogens is 1. The van der Waals surface area contributed by atoms with Crippen LogP contribution in [0.25, 0.3) is 0 Å². The van der Waals surface area contributed by atoms with E-state index in [1.165, 1.54) is 392 Å². The van der Waals surface area contributed by atoms with Gasteiger partial charge in [-0.25, -0.2) is 4.57 Å². The van der Waals surface area contributed by atoms with Crippen LogP contribution < -0.4 is 0 Å². The predicted molar refractivity (Wildman–Crippen MR) is 427 cm³/mol. The molecular weight excluding hydrogens is 1230 g/mol. The van der Waals surface area contributed by atoms with Gasteiger partial charge in [-0.3, -0.25) is 18.6 Å². The second kappa shape index (κ2) is 79.3. The summed E-state index contributed by atoms with van der Waals surface area (Å²) in [4.78, 5) is 36.0. The van der Waals surface area contributed by atoms with Gasteiger partial charge < -0.3 is 18.9 Å². The molecule has 0 bridgehead atoms. The fourth-order valence-corrected chi connectivity index (χ4v) is 14.2. The maximum absolute atomic E-state index is 12.9. The monoisotopic (exact) mass is 1400 g/mol. The van der Waals surface area contributed by atoms with Gasteiger partial charge in [-0.1, -0.05) is 416 Å². The van der Waals surface area contributed by atoms with Gasteiger partial charge >= 0.3 is 19.8 Å². The Balaban J connectivity index is 3.85. The minimum absolute atomic E-state index is 0.0359. The molecule has 1 N–H and O–H groups in total. The molecule has 10 heteroatoms. The van der Waals surface area contributed by atoms with E-state index in [1.54, 1.807) is 0 Å². The molecule has 0 aromatic heterocycles. The van der Waals surface area contributed by atoms with E-state index in [2.05, 4.69) is 50.3 Å². The molecule has 0 saturated carbocycles. The summed E-state index contributed by atoms with van der Waals surface area (Å²) >= 11 is 0. The van der Waals surface area contributed by atoms with E-state index >= 15 is 0 Å². The Labute approximate surface area is 612 Å². The van der Waals surface area contributed by atoms with Crippen LogP contribution >= 0.6 is 7.82 Å². The predicted octanol–water partition coefficient (Wildman–Crippen LogP) is 29.3. The van der Waals surface area contributed by atoms with Gasteiger partial charge in [0.2, 0.25) is 0 Å². The lowest BCUT2D eigenvalue weighted by molar-refractivity contribution is -0.870. The second-order valence-corrected chi connectivity index (χ2v) is 32.7. The third kappa shape index (κ3) is 83.2. The fraction of sp³-hybridized carbons (Fsp3) is 0.909. The van der Waals surface area contributed by atoms with E-state index in [1.807, 2.05) is 21.1 Å². The Kier molecular flexibility index (Phi) is 77.9. The van der Waals surface area contributed by atoms with Gasteiger partial charge in [-0.05, 0) is 70.6 Å². The van der Waals surface area contributed by atoms with Crippen molar-refractivity contribution in [3.05, 3.63) is 36.5 Å². The van der Waals surface area contributed by atoms with Gasteiger partial charge in [-0.2, -0.15) is 0 Å². The van der Waals surface area contributed by atoms with Gasteiger partial charge in [-0.15, -0.1) is 0 Å². The van der Waals surface area contributed by atoms with E-state index in [9.17, 15) is 19.0 Å². The minimum Gasteiger partial charge on any atom is -0.462 e. The maximum Gasteiger partial charge on any atom is 0.472 e. The van der Waals surface area contributed by atoms with Gasteiger partial charge in [0, 0.05) is 12.8 Å². The normalized spacial score (nSPS) is 13.1. The minimum atomic E-state index is -4.39. The molecule has 0 rings (SSSR count). The number of rotatable bonds is 83. The first-order valence-corrected chi connectivity index (χ1v) is 45.2. The highest BCUT2D eigenvalue weighted by Crippen LogP contribution is 2.43. The molecule has 0 amide bonds. The summed E-state index contributed by atoms with van der Waals surface area (Å²) in [6.07, 6.45) is 105. The SMILES string of the molecule is CCCCCCC/C=C\C/C=C\CCCCCCCCCCCCCCCCCCCCCCCCCCCC(=O)OC(COC(=O)CCCCCCCCCCCCCCCCCCCCCCCCCCC/C=C\CCCCCCCCCC)COP(=O)(O)OCC[N+](C)(C)C. The molecule has 580 valence electrons. The molecular formula is C88H171NO8P+. The number of hydrogen-bond acceptors (Lipinski definition) is 7. The zero-order valence-corrected chi connectivity index (χ0v) is 67.5. The average Bonchev–Trinajstić information content (AvgIpc) is 1.08. The number of carbonyl (C=O) groups excluding carboxylic acids is 2. The summed E-state index contributed by atoms with van der Waals surface area (Å²) in [5, 5.41) is 0. The van der Waals surface area contributed by atoms with Crippen molar-refractivity contribution < 1.29 is 42.1 Å². The molecule has 0 saturated heterocycles. The number of likely N-dealkylation sites (N-methyl/N-ethyl adjacent to an activating group) is 1. The molecule has 0 heterocycles. The van der Waals surface area contributed by atoms with Crippen LogP contribution in [0.2, 0.25) is 0 Å². The fourth-order valence-electron chi connectivity index (χ4n) is 13.5. The van der Waals surface area contributed by atoms with Crippen LogP contribution in [0.1, 0.15) is 463 Å². The first-order chi connectivity index (χ1) is 48.0. The number of ether oxygens (including phenoxy) is 2. The number of hydrogen-bond donors (Lipinski definition) is 1. The summed E-state index contributed by atoms with van der Waals surface area (Å²) in [5.74, 6) is -0.768. The van der Waals surface area contributed by atoms with Crippen molar-refractivity contribution in [1.29, 1.82) is 0 Å². The number of esters is 2. The molecule has 0 aliphatic rings. The van der Waals surface area contributed by atoms with Crippen LogP contribution in [-0.4, -0.2) is 74.9 Å². The van der Waals surface area contributed by atoms with Crippen molar-refractivity contribution in [2.24, 2.45) is 0 Å². The largest absolute Gasteiger partial charge is 0.472 e. The average molecular weight is 1400 g/mol. The van der Waals surface area contributed by atoms with Gasteiger partial charge in [0.25, 0.3) is 0 Å². The molecule has 0 aliphatic heterocycles. The quantitative estimate of drug-likeness (QED) is 0.0211. The van der Waals surface area contributed by atoms with Crippen LogP contribution in [0.15, 0.2) is 36.5 Å². The number of allylic oxidation sites excluding steroid dienone is 6. The van der Waals surface area contributed by atoms with Crippen molar-refractivity contribution >= 4 is 19.8 Å². The van der Waals surface area contributed by atoms with E-state index in [4.69, 9.17) is 18.5 Å². The standard InChI is InChI=1S/C88H170NO8P/c1-6-8-10-12-14-16-18-20-22-24-26-28-30-32-34-36-38-40-42-44-46-48-50-52-54-56-58-60-62-64-66-68-70-72-74-76-78-80-87(90)94-84-86(85-96-98(92,93)95-83-82-89(3,4)5)97-88(91)81-79-77-75-73-71-69-67-65-63-61-59-57-55-53-51-49-47-45-43-41-39-37-35-33-31-29-27-25-23-21-19-17-15-13-11-9-7-2/h19,21,24-27,86H,6-18,20,22-23,28-85H2,1-5H3/p+1/b21-19-,26-24-,27-25-. The molecule has 98 heavy (non-hydrogen) atoms. The van der Waals surface area contributed by atoms with Crippen molar-refractivity contribution in [3.63, 3.8) is 0 Å². The summed E-state index contributed by atoms with van der Waals surface area (Å²) in [6, 6.07) is 0. The molecule has 0 aromatic carbocycles. The first kappa shape index (κ1) is 96.2. The zero-order valence-electron chi connectivity index (χ0n) is 66.6. The van der Waals surface area contributed by atoms with Crippen molar-refractivity contribution in [2.45, 2.75) is 469 Å². The lowest BCUT2D eigenvalue weighted by atomic mass is 10.0. The van der Waals surface area contributed by atoms with E-state index in [0.29, 0.717) is 17.4 Å². The summed E-state index contributed by atoms with van der Waals surface area (Å²) in [7, 11) is 1.51. The third-order valence-electron chi connectivity index (χ3n) is 20.1. The number of phosphoric acid groups is 1. The van der Waals surface area contributed by atoms with Gasteiger partial charge in [0.15, 0.2) is 6.10 Å². The van der Waals surface area contributed by atoms with Crippen molar-refractivity contribution in [2.75, 3.05) is 47.5 Å². The van der Waals surface area contributed by atoms with Crippen LogP contribution in [0.5, 0.6) is 0 Å². The Morgan fingerprint density at radius 3 is 0.816 bits per heavy atom. The Morgan fingerprint density at radius 1 is 0.316 bits per heavy atom. The summed E-state index contributed by atoms with van der Waals surface area (Å²) in [5.41, 5.74) is 0. The molecule has 0 spiro atoms. The van der Waals surface area contributed by atoms with Crippen molar-refractivity contribution in [1.82, 2.24) is 0 Å². The lowest BCUT2D eigenvalue weighted by Gasteiger charge is -2.24. The molecule has 9 nitrogen and oxygen atoms in total. The second-order valence-electron chi connectivity index (χ2n) is 31.3. The summed E-state index contributed by atoms with van der Waals surface area (Å²) < 4.78 is 34.9. The molecule has 0 radical (unpaired) electrons. The topological polar surface area (TPSA) is 108 Å². The molecule has 0 aliphatic carbocycles. The van der Waals surface area contributed by atoms with E-state index < -0.39 is 26.5 Å². The smallest absolute Gasteiger partial charge is 0.462 e.